The first-order valence-corrected chi connectivity index (χ1v) is 27.9. The van der Waals surface area contributed by atoms with Crippen molar-refractivity contribution < 1.29 is 39.8 Å². The Bertz CT molecular complexity index is 1010. The van der Waals surface area contributed by atoms with Crippen molar-refractivity contribution in [3.8, 4) is 0 Å². The zero-order chi connectivity index (χ0) is 46.6. The lowest BCUT2D eigenvalue weighted by molar-refractivity contribution is -0.302. The molecule has 9 nitrogen and oxygen atoms in total. The largest absolute Gasteiger partial charge is 0.394 e. The summed E-state index contributed by atoms with van der Waals surface area (Å²) in [5.74, 6) is -0.171. The van der Waals surface area contributed by atoms with E-state index in [1.807, 2.05) is 6.08 Å². The first-order chi connectivity index (χ1) is 31.3. The predicted octanol–water partition coefficient (Wildman–Crippen LogP) is 13.2. The SMILES string of the molecule is CCCCCCCCCCCCCCC/C=C/[C@@H](O)[C@H](CO[C@@H]1O[C@H](CO)[C@@H](O)C(O)C1O)NC(=O)CCCCCCCCCCCCCCCCCCCCCCCCCCCC. The van der Waals surface area contributed by atoms with Crippen LogP contribution in [0.5, 0.6) is 0 Å². The summed E-state index contributed by atoms with van der Waals surface area (Å²) in [4.78, 5) is 13.0. The van der Waals surface area contributed by atoms with Crippen LogP contribution in [0.25, 0.3) is 0 Å². The van der Waals surface area contributed by atoms with Crippen molar-refractivity contribution in [1.29, 1.82) is 0 Å². The molecule has 7 atom stereocenters. The molecule has 0 aromatic rings. The highest BCUT2D eigenvalue weighted by Crippen LogP contribution is 2.23. The second kappa shape index (κ2) is 45.7. The molecule has 2 unspecified atom stereocenters. The number of hydrogen-bond donors (Lipinski definition) is 6. The highest BCUT2D eigenvalue weighted by Gasteiger charge is 2.44. The Hall–Kier alpha value is -1.07. The van der Waals surface area contributed by atoms with Gasteiger partial charge in [-0.3, -0.25) is 4.79 Å². The molecule has 0 spiro atoms. The van der Waals surface area contributed by atoms with Gasteiger partial charge in [0.05, 0.1) is 25.4 Å². The smallest absolute Gasteiger partial charge is 0.220 e. The minimum absolute atomic E-state index is 0.171. The van der Waals surface area contributed by atoms with E-state index >= 15 is 0 Å². The molecule has 1 amide bonds. The van der Waals surface area contributed by atoms with Gasteiger partial charge in [-0.2, -0.15) is 0 Å². The number of amides is 1. The molecule has 0 aliphatic carbocycles. The monoisotopic (exact) mass is 910 g/mol. The molecule has 1 aliphatic heterocycles. The Morgan fingerprint density at radius 1 is 0.516 bits per heavy atom. The van der Waals surface area contributed by atoms with Crippen LogP contribution in [0.15, 0.2) is 12.2 Å². The van der Waals surface area contributed by atoms with E-state index in [4.69, 9.17) is 9.47 Å². The molecule has 0 saturated carbocycles. The van der Waals surface area contributed by atoms with E-state index < -0.39 is 49.5 Å². The summed E-state index contributed by atoms with van der Waals surface area (Å²) in [5.41, 5.74) is 0. The van der Waals surface area contributed by atoms with Crippen LogP contribution in [0.3, 0.4) is 0 Å². The quantitative estimate of drug-likeness (QED) is 0.0261. The van der Waals surface area contributed by atoms with Gasteiger partial charge in [0.1, 0.15) is 24.4 Å². The molecule has 64 heavy (non-hydrogen) atoms. The Kier molecular flexibility index (Phi) is 43.5. The maximum atomic E-state index is 13.0. The molecule has 0 bridgehead atoms. The maximum Gasteiger partial charge on any atom is 0.220 e. The lowest BCUT2D eigenvalue weighted by Gasteiger charge is -2.40. The average Bonchev–Trinajstić information content (AvgIpc) is 3.29. The normalized spacial score (nSPS) is 20.0. The van der Waals surface area contributed by atoms with Crippen LogP contribution in [0.2, 0.25) is 0 Å². The van der Waals surface area contributed by atoms with E-state index in [1.54, 1.807) is 6.08 Å². The standard InChI is InChI=1S/C55H107NO8/c1-3-5-7-9-11-13-15-17-19-20-21-22-23-24-25-26-27-28-29-31-33-35-37-39-41-43-45-51(59)56-48(47-63-55-54(62)53(61)52(60)50(46-57)64-55)49(58)44-42-40-38-36-34-32-30-18-16-14-12-10-8-6-4-2/h42,44,48-50,52-55,57-58,60-62H,3-41,43,45-47H2,1-2H3,(H,56,59)/b44-42+/t48-,49+,50+,52+,53?,54?,55+/m0/s1. The number of allylic oxidation sites excluding steroid dienone is 1. The van der Waals surface area contributed by atoms with Gasteiger partial charge in [0, 0.05) is 6.42 Å². The van der Waals surface area contributed by atoms with E-state index in [9.17, 15) is 30.3 Å². The van der Waals surface area contributed by atoms with Crippen molar-refractivity contribution in [3.63, 3.8) is 0 Å². The van der Waals surface area contributed by atoms with Crippen LogP contribution in [0.4, 0.5) is 0 Å². The minimum Gasteiger partial charge on any atom is -0.394 e. The van der Waals surface area contributed by atoms with E-state index in [2.05, 4.69) is 19.2 Å². The van der Waals surface area contributed by atoms with Gasteiger partial charge < -0.3 is 40.3 Å². The van der Waals surface area contributed by atoms with Gasteiger partial charge in [0.15, 0.2) is 6.29 Å². The number of rotatable bonds is 48. The van der Waals surface area contributed by atoms with E-state index in [0.717, 1.165) is 38.5 Å². The topological polar surface area (TPSA) is 149 Å². The summed E-state index contributed by atoms with van der Waals surface area (Å²) in [5, 5.41) is 54.4. The van der Waals surface area contributed by atoms with Crippen LogP contribution in [-0.2, 0) is 14.3 Å². The minimum atomic E-state index is -1.56. The van der Waals surface area contributed by atoms with E-state index in [1.165, 1.54) is 218 Å². The summed E-state index contributed by atoms with van der Waals surface area (Å²) >= 11 is 0. The number of carbonyl (C=O) groups is 1. The number of aliphatic hydroxyl groups is 5. The van der Waals surface area contributed by atoms with Gasteiger partial charge in [0.25, 0.3) is 0 Å². The molecule has 6 N–H and O–H groups in total. The highest BCUT2D eigenvalue weighted by molar-refractivity contribution is 5.76. The van der Waals surface area contributed by atoms with Crippen molar-refractivity contribution in [3.05, 3.63) is 12.2 Å². The molecule has 1 saturated heterocycles. The fourth-order valence-corrected chi connectivity index (χ4v) is 9.16. The van der Waals surface area contributed by atoms with Crippen molar-refractivity contribution in [1.82, 2.24) is 5.32 Å². The fourth-order valence-electron chi connectivity index (χ4n) is 9.16. The van der Waals surface area contributed by atoms with Gasteiger partial charge in [-0.15, -0.1) is 0 Å². The zero-order valence-electron chi connectivity index (χ0n) is 42.1. The van der Waals surface area contributed by atoms with Crippen LogP contribution in [-0.4, -0.2) is 87.5 Å². The molecule has 1 aliphatic rings. The van der Waals surface area contributed by atoms with Crippen LogP contribution < -0.4 is 5.32 Å². The zero-order valence-corrected chi connectivity index (χ0v) is 42.1. The van der Waals surface area contributed by atoms with Crippen LogP contribution in [0.1, 0.15) is 277 Å². The third kappa shape index (κ3) is 35.1. The van der Waals surface area contributed by atoms with Gasteiger partial charge in [0.2, 0.25) is 5.91 Å². The molecule has 9 heteroatoms. The van der Waals surface area contributed by atoms with Gasteiger partial charge >= 0.3 is 0 Å². The van der Waals surface area contributed by atoms with E-state index in [0.29, 0.717) is 6.42 Å². The second-order valence-corrected chi connectivity index (χ2v) is 19.7. The Labute approximate surface area is 395 Å². The molecule has 380 valence electrons. The number of ether oxygens (including phenoxy) is 2. The summed E-state index contributed by atoms with van der Waals surface area (Å²) in [6, 6.07) is -0.799. The number of hydrogen-bond acceptors (Lipinski definition) is 8. The first kappa shape index (κ1) is 60.9. The Morgan fingerprint density at radius 3 is 1.22 bits per heavy atom. The Morgan fingerprint density at radius 2 is 0.859 bits per heavy atom. The summed E-state index contributed by atoms with van der Waals surface area (Å²) < 4.78 is 11.3. The fraction of sp³-hybridized carbons (Fsp3) is 0.945. The molecule has 1 heterocycles. The van der Waals surface area contributed by atoms with Crippen LogP contribution >= 0.6 is 0 Å². The lowest BCUT2D eigenvalue weighted by Crippen LogP contribution is -2.60. The van der Waals surface area contributed by atoms with Gasteiger partial charge in [-0.25, -0.2) is 0 Å². The third-order valence-corrected chi connectivity index (χ3v) is 13.6. The maximum absolute atomic E-state index is 13.0. The van der Waals surface area contributed by atoms with Crippen molar-refractivity contribution in [2.45, 2.75) is 320 Å². The predicted molar refractivity (Wildman–Crippen MR) is 267 cm³/mol. The molecule has 0 radical (unpaired) electrons. The number of aliphatic hydroxyl groups excluding tert-OH is 5. The van der Waals surface area contributed by atoms with E-state index in [-0.39, 0.29) is 12.5 Å². The Balaban J connectivity index is 2.19. The van der Waals surface area contributed by atoms with Crippen molar-refractivity contribution >= 4 is 5.91 Å². The van der Waals surface area contributed by atoms with Crippen molar-refractivity contribution in [2.75, 3.05) is 13.2 Å². The summed E-state index contributed by atoms with van der Waals surface area (Å²) in [7, 11) is 0. The first-order valence-electron chi connectivity index (χ1n) is 27.9. The van der Waals surface area contributed by atoms with Crippen molar-refractivity contribution in [2.24, 2.45) is 0 Å². The summed E-state index contributed by atoms with van der Waals surface area (Å²) in [6.45, 7) is 3.81. The lowest BCUT2D eigenvalue weighted by atomic mass is 9.99. The van der Waals surface area contributed by atoms with Gasteiger partial charge in [-0.1, -0.05) is 264 Å². The number of carbonyl (C=O) groups excluding carboxylic acids is 1. The second-order valence-electron chi connectivity index (χ2n) is 19.7. The number of nitrogens with one attached hydrogen (secondary N) is 1. The summed E-state index contributed by atoms with van der Waals surface area (Å²) in [6.07, 6.45) is 48.5. The molecule has 1 fully saturated rings. The highest BCUT2D eigenvalue weighted by atomic mass is 16.7. The van der Waals surface area contributed by atoms with Crippen LogP contribution in [0, 0.1) is 0 Å². The molecule has 0 aromatic heterocycles. The molecular weight excluding hydrogens is 803 g/mol. The molecule has 0 aromatic carbocycles. The number of unbranched alkanes of at least 4 members (excludes halogenated alkanes) is 38. The average molecular weight is 910 g/mol. The van der Waals surface area contributed by atoms with Gasteiger partial charge in [-0.05, 0) is 19.3 Å². The molecular formula is C55H107NO8. The third-order valence-electron chi connectivity index (χ3n) is 13.6. The molecule has 1 rings (SSSR count).